The lowest BCUT2D eigenvalue weighted by Gasteiger charge is -2.11. The number of aryl methyl sites for hydroxylation is 1. The lowest BCUT2D eigenvalue weighted by atomic mass is 10.1. The first kappa shape index (κ1) is 16.4. The standard InChI is InChI=1S/C23H19N5/c1-16-9-5-6-12-18(16)21-23-25-22(24-15-17-10-3-2-4-11-17)19-13-7-8-14-20(19)28(23)27-26-21/h2-14H,15H2,1H3,(H,24,25). The van der Waals surface area contributed by atoms with E-state index in [0.29, 0.717) is 6.54 Å². The molecule has 2 heterocycles. The Morgan fingerprint density at radius 1 is 0.857 bits per heavy atom. The first-order valence-electron chi connectivity index (χ1n) is 9.29. The Bertz CT molecular complexity index is 1270. The highest BCUT2D eigenvalue weighted by Gasteiger charge is 2.16. The minimum atomic E-state index is 0.704. The number of nitrogens with zero attached hydrogens (tertiary/aromatic N) is 4. The summed E-state index contributed by atoms with van der Waals surface area (Å²) in [5, 5.41) is 13.4. The highest BCUT2D eigenvalue weighted by atomic mass is 15.4. The van der Waals surface area contributed by atoms with Crippen molar-refractivity contribution in [1.82, 2.24) is 19.8 Å². The van der Waals surface area contributed by atoms with Crippen LogP contribution in [0.1, 0.15) is 11.1 Å². The number of para-hydroxylation sites is 1. The van der Waals surface area contributed by atoms with Crippen LogP contribution in [0.5, 0.6) is 0 Å². The molecule has 0 spiro atoms. The number of aromatic nitrogens is 4. The maximum Gasteiger partial charge on any atom is 0.186 e. The fraction of sp³-hybridized carbons (Fsp3) is 0.0870. The van der Waals surface area contributed by atoms with Gasteiger partial charge in [0.1, 0.15) is 11.5 Å². The second-order valence-corrected chi connectivity index (χ2v) is 6.81. The van der Waals surface area contributed by atoms with E-state index in [1.54, 1.807) is 0 Å². The molecule has 0 aliphatic carbocycles. The monoisotopic (exact) mass is 365 g/mol. The molecule has 1 N–H and O–H groups in total. The Labute approximate surface area is 162 Å². The van der Waals surface area contributed by atoms with Gasteiger partial charge in [-0.2, -0.15) is 4.52 Å². The van der Waals surface area contributed by atoms with Gasteiger partial charge in [-0.15, -0.1) is 5.10 Å². The van der Waals surface area contributed by atoms with Crippen LogP contribution in [0.25, 0.3) is 27.8 Å². The third-order valence-electron chi connectivity index (χ3n) is 4.95. The molecule has 0 radical (unpaired) electrons. The fourth-order valence-corrected chi connectivity index (χ4v) is 3.49. The number of anilines is 1. The van der Waals surface area contributed by atoms with Gasteiger partial charge in [0.15, 0.2) is 5.65 Å². The molecule has 5 aromatic rings. The zero-order valence-electron chi connectivity index (χ0n) is 15.5. The van der Waals surface area contributed by atoms with Crippen molar-refractivity contribution in [3.63, 3.8) is 0 Å². The fourth-order valence-electron chi connectivity index (χ4n) is 3.49. The van der Waals surface area contributed by atoms with Crippen molar-refractivity contribution >= 4 is 22.4 Å². The lowest BCUT2D eigenvalue weighted by Crippen LogP contribution is -2.05. The van der Waals surface area contributed by atoms with E-state index < -0.39 is 0 Å². The zero-order chi connectivity index (χ0) is 18.9. The molecule has 0 bridgehead atoms. The van der Waals surface area contributed by atoms with E-state index >= 15 is 0 Å². The topological polar surface area (TPSA) is 55.1 Å². The van der Waals surface area contributed by atoms with Gasteiger partial charge in [0.2, 0.25) is 0 Å². The van der Waals surface area contributed by atoms with Crippen molar-refractivity contribution in [2.45, 2.75) is 13.5 Å². The molecule has 0 saturated heterocycles. The Balaban J connectivity index is 1.68. The van der Waals surface area contributed by atoms with Crippen molar-refractivity contribution in [3.05, 3.63) is 90.0 Å². The normalized spacial score (nSPS) is 11.2. The van der Waals surface area contributed by atoms with Crippen LogP contribution in [-0.2, 0) is 6.54 Å². The van der Waals surface area contributed by atoms with Crippen LogP contribution in [0.3, 0.4) is 0 Å². The molecule has 0 unspecified atom stereocenters. The summed E-state index contributed by atoms with van der Waals surface area (Å²) < 4.78 is 1.82. The van der Waals surface area contributed by atoms with Gasteiger partial charge in [-0.3, -0.25) is 0 Å². The van der Waals surface area contributed by atoms with Crippen LogP contribution in [0, 0.1) is 6.92 Å². The minimum Gasteiger partial charge on any atom is -0.365 e. The van der Waals surface area contributed by atoms with Crippen molar-refractivity contribution in [3.8, 4) is 11.3 Å². The van der Waals surface area contributed by atoms with E-state index in [-0.39, 0.29) is 0 Å². The SMILES string of the molecule is Cc1ccccc1-c1nnn2c1nc(NCc1ccccc1)c1ccccc12. The van der Waals surface area contributed by atoms with Crippen molar-refractivity contribution in [2.24, 2.45) is 0 Å². The summed E-state index contributed by atoms with van der Waals surface area (Å²) >= 11 is 0. The summed E-state index contributed by atoms with van der Waals surface area (Å²) in [6.07, 6.45) is 0. The molecule has 28 heavy (non-hydrogen) atoms. The Kier molecular flexibility index (Phi) is 3.98. The third-order valence-corrected chi connectivity index (χ3v) is 4.95. The molecule has 136 valence electrons. The lowest BCUT2D eigenvalue weighted by molar-refractivity contribution is 0.876. The van der Waals surface area contributed by atoms with Crippen LogP contribution >= 0.6 is 0 Å². The van der Waals surface area contributed by atoms with E-state index in [4.69, 9.17) is 4.98 Å². The summed E-state index contributed by atoms with van der Waals surface area (Å²) in [6, 6.07) is 26.6. The van der Waals surface area contributed by atoms with Crippen LogP contribution in [-0.4, -0.2) is 19.8 Å². The molecule has 0 aliphatic rings. The molecule has 3 aromatic carbocycles. The maximum atomic E-state index is 4.92. The third kappa shape index (κ3) is 2.77. The zero-order valence-corrected chi connectivity index (χ0v) is 15.5. The van der Waals surface area contributed by atoms with Crippen molar-refractivity contribution in [2.75, 3.05) is 5.32 Å². The molecule has 0 amide bonds. The van der Waals surface area contributed by atoms with Crippen molar-refractivity contribution in [1.29, 1.82) is 0 Å². The molecule has 5 rings (SSSR count). The number of fused-ring (bicyclic) bond motifs is 3. The van der Waals surface area contributed by atoms with Crippen molar-refractivity contribution < 1.29 is 0 Å². The van der Waals surface area contributed by atoms with E-state index in [1.165, 1.54) is 5.56 Å². The summed E-state index contributed by atoms with van der Waals surface area (Å²) in [5.41, 5.74) is 5.94. The van der Waals surface area contributed by atoms with Crippen LogP contribution in [0.15, 0.2) is 78.9 Å². The van der Waals surface area contributed by atoms with Crippen LogP contribution in [0.4, 0.5) is 5.82 Å². The highest BCUT2D eigenvalue weighted by molar-refractivity contribution is 5.93. The maximum absolute atomic E-state index is 4.92. The van der Waals surface area contributed by atoms with E-state index in [2.05, 4.69) is 52.9 Å². The molecule has 2 aromatic heterocycles. The number of hydrogen-bond acceptors (Lipinski definition) is 4. The highest BCUT2D eigenvalue weighted by Crippen LogP contribution is 2.29. The molecule has 5 heteroatoms. The molecular formula is C23H19N5. The Hall–Kier alpha value is -3.73. The number of nitrogens with one attached hydrogen (secondary N) is 1. The predicted molar refractivity (Wildman–Crippen MR) is 112 cm³/mol. The summed E-state index contributed by atoms with van der Waals surface area (Å²) in [4.78, 5) is 4.92. The van der Waals surface area contributed by atoms with Gasteiger partial charge >= 0.3 is 0 Å². The molecule has 5 nitrogen and oxygen atoms in total. The summed E-state index contributed by atoms with van der Waals surface area (Å²) in [5.74, 6) is 0.837. The molecule has 0 aliphatic heterocycles. The number of hydrogen-bond donors (Lipinski definition) is 1. The average molecular weight is 365 g/mol. The first-order valence-corrected chi connectivity index (χ1v) is 9.29. The largest absolute Gasteiger partial charge is 0.365 e. The van der Waals surface area contributed by atoms with Gasteiger partial charge < -0.3 is 5.32 Å². The molecule has 0 atom stereocenters. The van der Waals surface area contributed by atoms with Gasteiger partial charge in [0.05, 0.1) is 5.52 Å². The second kappa shape index (κ2) is 6.78. The first-order chi connectivity index (χ1) is 13.8. The van der Waals surface area contributed by atoms with Gasteiger partial charge in [-0.05, 0) is 30.2 Å². The van der Waals surface area contributed by atoms with Crippen LogP contribution < -0.4 is 5.32 Å². The quantitative estimate of drug-likeness (QED) is 0.494. The smallest absolute Gasteiger partial charge is 0.186 e. The summed E-state index contributed by atoms with van der Waals surface area (Å²) in [7, 11) is 0. The van der Waals surface area contributed by atoms with Gasteiger partial charge in [0.25, 0.3) is 0 Å². The summed E-state index contributed by atoms with van der Waals surface area (Å²) in [6.45, 7) is 2.78. The number of benzene rings is 3. The van der Waals surface area contributed by atoms with E-state index in [0.717, 1.165) is 39.2 Å². The minimum absolute atomic E-state index is 0.704. The van der Waals surface area contributed by atoms with E-state index in [9.17, 15) is 0 Å². The molecule has 0 fully saturated rings. The average Bonchev–Trinajstić information content (AvgIpc) is 3.17. The van der Waals surface area contributed by atoms with Gasteiger partial charge in [-0.1, -0.05) is 71.9 Å². The van der Waals surface area contributed by atoms with E-state index in [1.807, 2.05) is 53.0 Å². The molecular weight excluding hydrogens is 346 g/mol. The Morgan fingerprint density at radius 3 is 2.46 bits per heavy atom. The predicted octanol–water partition coefficient (Wildman–Crippen LogP) is 4.87. The number of rotatable bonds is 4. The molecule has 0 saturated carbocycles. The van der Waals surface area contributed by atoms with Crippen LogP contribution in [0.2, 0.25) is 0 Å². The second-order valence-electron chi connectivity index (χ2n) is 6.81. The van der Waals surface area contributed by atoms with Gasteiger partial charge in [-0.25, -0.2) is 4.98 Å². The Morgan fingerprint density at radius 2 is 1.61 bits per heavy atom. The van der Waals surface area contributed by atoms with Gasteiger partial charge in [0, 0.05) is 17.5 Å².